The fourth-order valence-corrected chi connectivity index (χ4v) is 4.56. The molecule has 0 unspecified atom stereocenters. The van der Waals surface area contributed by atoms with Crippen molar-refractivity contribution in [3.63, 3.8) is 0 Å². The van der Waals surface area contributed by atoms with Gasteiger partial charge in [0.1, 0.15) is 6.54 Å². The second kappa shape index (κ2) is 11.8. The summed E-state index contributed by atoms with van der Waals surface area (Å²) in [5.74, 6) is 0.538. The Morgan fingerprint density at radius 1 is 1.00 bits per heavy atom. The van der Waals surface area contributed by atoms with Gasteiger partial charge in [0.25, 0.3) is 5.91 Å². The van der Waals surface area contributed by atoms with E-state index in [2.05, 4.69) is 21.7 Å². The quantitative estimate of drug-likeness (QED) is 0.445. The molecule has 1 aliphatic rings. The van der Waals surface area contributed by atoms with Gasteiger partial charge in [0.2, 0.25) is 5.91 Å². The Hall–Kier alpha value is -3.71. The zero-order valence-electron chi connectivity index (χ0n) is 20.4. The highest BCUT2D eigenvalue weighted by Crippen LogP contribution is 2.26. The summed E-state index contributed by atoms with van der Waals surface area (Å²) in [6.45, 7) is 8.57. The van der Waals surface area contributed by atoms with Crippen LogP contribution in [-0.4, -0.2) is 71.1 Å². The molecule has 0 aliphatic carbocycles. The van der Waals surface area contributed by atoms with E-state index in [1.165, 1.54) is 0 Å². The molecule has 1 fully saturated rings. The first-order valence-corrected chi connectivity index (χ1v) is 12.4. The largest absolute Gasteiger partial charge is 0.353 e. The van der Waals surface area contributed by atoms with Gasteiger partial charge in [0, 0.05) is 43.9 Å². The number of rotatable bonds is 7. The number of halogens is 1. The third kappa shape index (κ3) is 5.91. The molecular weight excluding hydrogens is 474 g/mol. The van der Waals surface area contributed by atoms with Gasteiger partial charge in [0.05, 0.1) is 10.7 Å². The van der Waals surface area contributed by atoms with Crippen molar-refractivity contribution in [1.29, 1.82) is 0 Å². The van der Waals surface area contributed by atoms with Crippen molar-refractivity contribution in [2.75, 3.05) is 44.2 Å². The second-order valence-electron chi connectivity index (χ2n) is 8.77. The highest BCUT2D eigenvalue weighted by molar-refractivity contribution is 6.33. The minimum Gasteiger partial charge on any atom is -0.353 e. The van der Waals surface area contributed by atoms with Gasteiger partial charge in [-0.25, -0.2) is 0 Å². The van der Waals surface area contributed by atoms with Crippen LogP contribution in [0, 0.1) is 6.92 Å². The lowest BCUT2D eigenvalue weighted by Gasteiger charge is -2.27. The van der Waals surface area contributed by atoms with Gasteiger partial charge in [-0.05, 0) is 43.2 Å². The molecule has 0 saturated carbocycles. The fraction of sp³-hybridized carbons (Fsp3) is 0.286. The van der Waals surface area contributed by atoms with E-state index in [0.717, 1.165) is 35.6 Å². The number of anilines is 1. The summed E-state index contributed by atoms with van der Waals surface area (Å²) in [4.78, 5) is 31.8. The van der Waals surface area contributed by atoms with Crippen molar-refractivity contribution in [3.05, 3.63) is 89.5 Å². The maximum absolute atomic E-state index is 13.2. The number of carbonyl (C=O) groups is 2. The molecule has 8 heteroatoms. The molecule has 0 radical (unpaired) electrons. The van der Waals surface area contributed by atoms with Crippen LogP contribution in [0.4, 0.5) is 5.82 Å². The molecule has 1 aliphatic heterocycles. The van der Waals surface area contributed by atoms with Gasteiger partial charge >= 0.3 is 0 Å². The second-order valence-corrected chi connectivity index (χ2v) is 9.17. The van der Waals surface area contributed by atoms with Crippen molar-refractivity contribution >= 4 is 29.2 Å². The lowest BCUT2D eigenvalue weighted by atomic mass is 10.1. The highest BCUT2D eigenvalue weighted by atomic mass is 35.5. The first-order chi connectivity index (χ1) is 17.5. The summed E-state index contributed by atoms with van der Waals surface area (Å²) in [6.07, 6.45) is 2.45. The third-order valence-electron chi connectivity index (χ3n) is 6.31. The van der Waals surface area contributed by atoms with Crippen LogP contribution in [0.3, 0.4) is 0 Å². The summed E-state index contributed by atoms with van der Waals surface area (Å²) < 4.78 is 0. The number of hydrogen-bond acceptors (Lipinski definition) is 5. The minimum absolute atomic E-state index is 0.0194. The molecule has 2 amide bonds. The SMILES string of the molecule is C=CCN(CC(=O)N1CCCN(c2ccc(-c3ccccc3Cl)nn2)CC1)C(=O)c1ccccc1C. The van der Waals surface area contributed by atoms with Crippen molar-refractivity contribution < 1.29 is 9.59 Å². The molecule has 0 bridgehead atoms. The molecule has 186 valence electrons. The molecule has 2 aromatic carbocycles. The van der Waals surface area contributed by atoms with E-state index in [0.29, 0.717) is 36.8 Å². The van der Waals surface area contributed by atoms with Crippen molar-refractivity contribution in [3.8, 4) is 11.3 Å². The Morgan fingerprint density at radius 2 is 1.78 bits per heavy atom. The lowest BCUT2D eigenvalue weighted by molar-refractivity contribution is -0.131. The van der Waals surface area contributed by atoms with E-state index in [4.69, 9.17) is 11.6 Å². The topological polar surface area (TPSA) is 69.6 Å². The third-order valence-corrected chi connectivity index (χ3v) is 6.64. The van der Waals surface area contributed by atoms with E-state index >= 15 is 0 Å². The molecule has 0 spiro atoms. The Morgan fingerprint density at radius 3 is 2.50 bits per heavy atom. The number of aryl methyl sites for hydroxylation is 1. The molecule has 1 aromatic heterocycles. The summed E-state index contributed by atoms with van der Waals surface area (Å²) in [5, 5.41) is 9.43. The van der Waals surface area contributed by atoms with E-state index in [-0.39, 0.29) is 18.4 Å². The zero-order chi connectivity index (χ0) is 25.5. The zero-order valence-corrected chi connectivity index (χ0v) is 21.2. The molecule has 7 nitrogen and oxygen atoms in total. The summed E-state index contributed by atoms with van der Waals surface area (Å²) in [5.41, 5.74) is 3.05. The smallest absolute Gasteiger partial charge is 0.254 e. The normalized spacial score (nSPS) is 13.7. The van der Waals surface area contributed by atoms with Crippen LogP contribution in [-0.2, 0) is 4.79 Å². The number of nitrogens with zero attached hydrogens (tertiary/aromatic N) is 5. The first kappa shape index (κ1) is 25.4. The van der Waals surface area contributed by atoms with Gasteiger partial charge < -0.3 is 14.7 Å². The number of hydrogen-bond donors (Lipinski definition) is 0. The number of aromatic nitrogens is 2. The standard InChI is InChI=1S/C28H30ClN5O2/c1-3-15-34(28(36)22-10-5-4-9-21(22)2)20-27(35)33-17-8-16-32(18-19-33)26-14-13-25(30-31-26)23-11-6-7-12-24(23)29/h3-7,9-14H,1,8,15-20H2,2H3. The van der Waals surface area contributed by atoms with Crippen molar-refractivity contribution in [1.82, 2.24) is 20.0 Å². The Labute approximate surface area is 217 Å². The maximum atomic E-state index is 13.2. The van der Waals surface area contributed by atoms with Crippen LogP contribution in [0.5, 0.6) is 0 Å². The monoisotopic (exact) mass is 503 g/mol. The molecule has 3 aromatic rings. The molecule has 1 saturated heterocycles. The van der Waals surface area contributed by atoms with Gasteiger partial charge in [-0.3, -0.25) is 9.59 Å². The summed E-state index contributed by atoms with van der Waals surface area (Å²) in [7, 11) is 0. The first-order valence-electron chi connectivity index (χ1n) is 12.0. The average molecular weight is 504 g/mol. The Bertz CT molecular complexity index is 1230. The van der Waals surface area contributed by atoms with E-state index in [1.807, 2.05) is 66.4 Å². The van der Waals surface area contributed by atoms with Crippen LogP contribution in [0.25, 0.3) is 11.3 Å². The van der Waals surface area contributed by atoms with E-state index in [1.54, 1.807) is 17.0 Å². The number of amides is 2. The van der Waals surface area contributed by atoms with E-state index < -0.39 is 0 Å². The van der Waals surface area contributed by atoms with Gasteiger partial charge in [-0.15, -0.1) is 16.8 Å². The number of carbonyl (C=O) groups excluding carboxylic acids is 2. The molecule has 4 rings (SSSR count). The van der Waals surface area contributed by atoms with Crippen molar-refractivity contribution in [2.24, 2.45) is 0 Å². The van der Waals surface area contributed by atoms with Crippen LogP contribution < -0.4 is 4.90 Å². The van der Waals surface area contributed by atoms with Crippen LogP contribution in [0.2, 0.25) is 5.02 Å². The van der Waals surface area contributed by atoms with Gasteiger partial charge in [-0.1, -0.05) is 54.1 Å². The molecule has 2 heterocycles. The maximum Gasteiger partial charge on any atom is 0.254 e. The Kier molecular flexibility index (Phi) is 8.33. The summed E-state index contributed by atoms with van der Waals surface area (Å²) >= 11 is 6.29. The number of benzene rings is 2. The predicted octanol–water partition coefficient (Wildman–Crippen LogP) is 4.47. The highest BCUT2D eigenvalue weighted by Gasteiger charge is 2.25. The van der Waals surface area contributed by atoms with Crippen LogP contribution >= 0.6 is 11.6 Å². The molecular formula is C28H30ClN5O2. The summed E-state index contributed by atoms with van der Waals surface area (Å²) in [6, 6.07) is 18.8. The predicted molar refractivity (Wildman–Crippen MR) is 143 cm³/mol. The minimum atomic E-state index is -0.160. The fourth-order valence-electron chi connectivity index (χ4n) is 4.32. The van der Waals surface area contributed by atoms with Gasteiger partial charge in [-0.2, -0.15) is 0 Å². The molecule has 0 N–H and O–H groups in total. The van der Waals surface area contributed by atoms with Crippen molar-refractivity contribution in [2.45, 2.75) is 13.3 Å². The van der Waals surface area contributed by atoms with E-state index in [9.17, 15) is 9.59 Å². The lowest BCUT2D eigenvalue weighted by Crippen LogP contribution is -2.44. The average Bonchev–Trinajstić information content (AvgIpc) is 3.15. The van der Waals surface area contributed by atoms with Crippen LogP contribution in [0.15, 0.2) is 73.3 Å². The van der Waals surface area contributed by atoms with Gasteiger partial charge in [0.15, 0.2) is 5.82 Å². The molecule has 36 heavy (non-hydrogen) atoms. The van der Waals surface area contributed by atoms with Crippen LogP contribution in [0.1, 0.15) is 22.3 Å². The molecule has 0 atom stereocenters. The Balaban J connectivity index is 1.39.